The molecule has 2 N–H and O–H groups in total. The van der Waals surface area contributed by atoms with Crippen LogP contribution in [-0.4, -0.2) is 15.0 Å². The summed E-state index contributed by atoms with van der Waals surface area (Å²) in [7, 11) is 0. The maximum Gasteiger partial charge on any atom is 0.158 e. The zero-order valence-corrected chi connectivity index (χ0v) is 13.6. The van der Waals surface area contributed by atoms with Crippen LogP contribution in [0, 0.1) is 6.92 Å². The zero-order chi connectivity index (χ0) is 15.8. The molecule has 2 aliphatic heterocycles. The van der Waals surface area contributed by atoms with E-state index in [0.717, 1.165) is 46.1 Å². The summed E-state index contributed by atoms with van der Waals surface area (Å²) in [6, 6.07) is 8.18. The summed E-state index contributed by atoms with van der Waals surface area (Å²) in [4.78, 5) is 11.3. The van der Waals surface area contributed by atoms with Crippen molar-refractivity contribution in [1.82, 2.24) is 15.0 Å². The van der Waals surface area contributed by atoms with Gasteiger partial charge in [-0.2, -0.15) is 0 Å². The van der Waals surface area contributed by atoms with Gasteiger partial charge in [-0.3, -0.25) is 0 Å². The van der Waals surface area contributed by atoms with E-state index in [2.05, 4.69) is 35.9 Å². The van der Waals surface area contributed by atoms with Crippen molar-refractivity contribution in [1.29, 1.82) is 0 Å². The molecule has 0 radical (unpaired) electrons. The highest BCUT2D eigenvalue weighted by molar-refractivity contribution is 5.84. The molecule has 0 bridgehead atoms. The fraction of sp³-hybridized carbons (Fsp3) is 0.316. The van der Waals surface area contributed by atoms with Crippen LogP contribution in [0.3, 0.4) is 0 Å². The number of aromatic nitrogens is 3. The molecule has 0 saturated carbocycles. The van der Waals surface area contributed by atoms with Crippen LogP contribution in [-0.2, 0) is 6.42 Å². The number of aryl methyl sites for hydroxylation is 1. The number of fused-ring (bicyclic) bond motifs is 2. The molecule has 4 rings (SSSR count). The van der Waals surface area contributed by atoms with Gasteiger partial charge in [-0.25, -0.2) is 4.98 Å². The Morgan fingerprint density at radius 1 is 1.17 bits per heavy atom. The van der Waals surface area contributed by atoms with Gasteiger partial charge in [0.25, 0.3) is 0 Å². The minimum absolute atomic E-state index is 0.881. The highest BCUT2D eigenvalue weighted by Gasteiger charge is 2.20. The van der Waals surface area contributed by atoms with Crippen molar-refractivity contribution in [2.75, 3.05) is 0 Å². The van der Waals surface area contributed by atoms with Gasteiger partial charge in [-0.1, -0.05) is 19.8 Å². The number of rotatable bonds is 5. The molecule has 2 aliphatic rings. The molecule has 23 heavy (non-hydrogen) atoms. The van der Waals surface area contributed by atoms with Crippen molar-refractivity contribution in [2.45, 2.75) is 39.5 Å². The monoisotopic (exact) mass is 307 g/mol. The van der Waals surface area contributed by atoms with Crippen LogP contribution in [0.5, 0.6) is 0 Å². The lowest BCUT2D eigenvalue weighted by atomic mass is 10.1. The van der Waals surface area contributed by atoms with Crippen LogP contribution in [0.4, 0.5) is 0 Å². The van der Waals surface area contributed by atoms with Gasteiger partial charge in [0.15, 0.2) is 11.3 Å². The van der Waals surface area contributed by atoms with E-state index in [0.29, 0.717) is 0 Å². The molecule has 0 spiro atoms. The molecule has 0 unspecified atom stereocenters. The molecule has 2 aromatic heterocycles. The summed E-state index contributed by atoms with van der Waals surface area (Å²) in [6.07, 6.45) is 6.62. The quantitative estimate of drug-likeness (QED) is 0.492. The molecule has 0 aliphatic carbocycles. The van der Waals surface area contributed by atoms with Gasteiger partial charge in [0.2, 0.25) is 0 Å². The lowest BCUT2D eigenvalue weighted by Gasteiger charge is -2.03. The van der Waals surface area contributed by atoms with Crippen LogP contribution in [0.25, 0.3) is 33.9 Å². The average Bonchev–Trinajstić information content (AvgIpc) is 3.24. The largest absolute Gasteiger partial charge is 0.452 e. The van der Waals surface area contributed by atoms with Crippen LogP contribution in [0.2, 0.25) is 0 Å². The van der Waals surface area contributed by atoms with Crippen LogP contribution in [0.15, 0.2) is 34.9 Å². The molecule has 0 fully saturated rings. The Morgan fingerprint density at radius 3 is 2.87 bits per heavy atom. The van der Waals surface area contributed by atoms with Crippen molar-refractivity contribution in [3.8, 4) is 22.8 Å². The number of hydrogen-bond donors (Lipinski definition) is 2. The van der Waals surface area contributed by atoms with Gasteiger partial charge in [0, 0.05) is 23.5 Å². The number of nitrogens with zero attached hydrogens (tertiary/aromatic N) is 1. The number of nitrogens with one attached hydrogen (secondary N) is 2. The van der Waals surface area contributed by atoms with E-state index in [-0.39, 0.29) is 0 Å². The highest BCUT2D eigenvalue weighted by Crippen LogP contribution is 2.35. The molecular weight excluding hydrogens is 286 g/mol. The smallest absolute Gasteiger partial charge is 0.158 e. The molecule has 0 atom stereocenters. The van der Waals surface area contributed by atoms with Gasteiger partial charge >= 0.3 is 0 Å². The van der Waals surface area contributed by atoms with E-state index < -0.39 is 0 Å². The predicted octanol–water partition coefficient (Wildman–Crippen LogP) is 5.30. The Morgan fingerprint density at radius 2 is 2.09 bits per heavy atom. The van der Waals surface area contributed by atoms with Gasteiger partial charge in [-0.05, 0) is 38.0 Å². The van der Waals surface area contributed by atoms with Crippen molar-refractivity contribution in [3.63, 3.8) is 0 Å². The Hall–Kier alpha value is -2.49. The Labute approximate surface area is 135 Å². The second-order valence-electron chi connectivity index (χ2n) is 6.14. The van der Waals surface area contributed by atoms with E-state index >= 15 is 0 Å². The maximum atomic E-state index is 6.20. The topological polar surface area (TPSA) is 57.6 Å². The molecular formula is C19H21N3O. The fourth-order valence-corrected chi connectivity index (χ4v) is 3.21. The summed E-state index contributed by atoms with van der Waals surface area (Å²) in [5.74, 6) is 0.947. The average molecular weight is 307 g/mol. The first-order valence-corrected chi connectivity index (χ1v) is 8.31. The predicted molar refractivity (Wildman–Crippen MR) is 92.7 cm³/mol. The Bertz CT molecular complexity index is 899. The minimum Gasteiger partial charge on any atom is -0.452 e. The van der Waals surface area contributed by atoms with Gasteiger partial charge in [-0.15, -0.1) is 0 Å². The van der Waals surface area contributed by atoms with E-state index in [1.54, 1.807) is 0 Å². The molecule has 4 heterocycles. The summed E-state index contributed by atoms with van der Waals surface area (Å²) < 4.78 is 6.20. The fourth-order valence-electron chi connectivity index (χ4n) is 3.21. The van der Waals surface area contributed by atoms with Crippen LogP contribution in [0.1, 0.15) is 37.4 Å². The van der Waals surface area contributed by atoms with Crippen molar-refractivity contribution in [2.24, 2.45) is 0 Å². The maximum absolute atomic E-state index is 6.20. The first-order valence-electron chi connectivity index (χ1n) is 8.31. The van der Waals surface area contributed by atoms with Gasteiger partial charge < -0.3 is 14.4 Å². The molecule has 0 aromatic carbocycles. The van der Waals surface area contributed by atoms with Crippen molar-refractivity contribution in [3.05, 3.63) is 41.7 Å². The first kappa shape index (κ1) is 14.1. The van der Waals surface area contributed by atoms with Crippen LogP contribution >= 0.6 is 0 Å². The summed E-state index contributed by atoms with van der Waals surface area (Å²) in [5, 5.41) is 0. The van der Waals surface area contributed by atoms with E-state index in [1.807, 2.05) is 18.3 Å². The van der Waals surface area contributed by atoms with Gasteiger partial charge in [0.05, 0.1) is 16.9 Å². The normalized spacial score (nSPS) is 11.7. The van der Waals surface area contributed by atoms with Crippen LogP contribution < -0.4 is 0 Å². The molecule has 2 aromatic rings. The zero-order valence-electron chi connectivity index (χ0n) is 13.6. The summed E-state index contributed by atoms with van der Waals surface area (Å²) in [5.41, 5.74) is 7.26. The second kappa shape index (κ2) is 5.61. The molecule has 4 nitrogen and oxygen atoms in total. The Kier molecular flexibility index (Phi) is 3.45. The molecule has 0 saturated heterocycles. The number of H-pyrrole nitrogens is 2. The SMILES string of the molecule is CCCCCc1c(C)nc2cc3[nH]c(-c4ccc[nH]4)cc3oc1-2. The lowest BCUT2D eigenvalue weighted by molar-refractivity contribution is 0.608. The second-order valence-corrected chi connectivity index (χ2v) is 6.14. The first-order chi connectivity index (χ1) is 11.3. The van der Waals surface area contributed by atoms with Crippen molar-refractivity contribution < 1.29 is 4.42 Å². The highest BCUT2D eigenvalue weighted by atomic mass is 16.3. The Balaban J connectivity index is 1.78. The van der Waals surface area contributed by atoms with Crippen molar-refractivity contribution >= 4 is 11.1 Å². The number of aromatic amines is 2. The van der Waals surface area contributed by atoms with Gasteiger partial charge in [0.1, 0.15) is 5.69 Å². The molecule has 0 amide bonds. The van der Waals surface area contributed by atoms with E-state index in [1.165, 1.54) is 24.8 Å². The van der Waals surface area contributed by atoms with E-state index in [4.69, 9.17) is 9.40 Å². The third-order valence-corrected chi connectivity index (χ3v) is 4.45. The van der Waals surface area contributed by atoms with E-state index in [9.17, 15) is 0 Å². The number of hydrogen-bond acceptors (Lipinski definition) is 2. The lowest BCUT2D eigenvalue weighted by Crippen LogP contribution is -1.88. The standard InChI is InChI=1S/C19H21N3O/c1-3-4-5-7-13-12(2)21-17-10-16-18(23-19(13)17)11-15(22-16)14-8-6-9-20-14/h6,8-11,20,22H,3-5,7H2,1-2H3. The molecule has 4 heteroatoms. The third kappa shape index (κ3) is 2.44. The summed E-state index contributed by atoms with van der Waals surface area (Å²) in [6.45, 7) is 4.31. The summed E-state index contributed by atoms with van der Waals surface area (Å²) >= 11 is 0. The minimum atomic E-state index is 0.881. The third-order valence-electron chi connectivity index (χ3n) is 4.45. The molecule has 118 valence electrons. The number of unbranched alkanes of at least 4 members (excludes halogenated alkanes) is 2.